The number of nitriles is 1. The van der Waals surface area contributed by atoms with E-state index < -0.39 is 5.60 Å². The van der Waals surface area contributed by atoms with Crippen LogP contribution in [-0.4, -0.2) is 47.6 Å². The summed E-state index contributed by atoms with van der Waals surface area (Å²) in [4.78, 5) is 14.2. The van der Waals surface area contributed by atoms with Gasteiger partial charge in [-0.25, -0.2) is 0 Å². The Bertz CT molecular complexity index is 339. The van der Waals surface area contributed by atoms with Gasteiger partial charge < -0.3 is 9.64 Å². The zero-order chi connectivity index (χ0) is 13.8. The number of amides is 1. The van der Waals surface area contributed by atoms with Gasteiger partial charge in [0, 0.05) is 20.2 Å². The fraction of sp³-hybridized carbons (Fsp3) is 0.846. The molecule has 102 valence electrons. The molecule has 5 heteroatoms. The van der Waals surface area contributed by atoms with Crippen molar-refractivity contribution in [3.63, 3.8) is 0 Å². The third kappa shape index (κ3) is 2.81. The van der Waals surface area contributed by atoms with E-state index in [2.05, 4.69) is 6.07 Å². The Morgan fingerprint density at radius 3 is 2.44 bits per heavy atom. The van der Waals surface area contributed by atoms with Crippen LogP contribution in [0, 0.1) is 11.3 Å². The average Bonchev–Trinajstić information content (AvgIpc) is 2.45. The number of thioether (sulfide) groups is 1. The molecule has 0 aromatic heterocycles. The Morgan fingerprint density at radius 2 is 2.11 bits per heavy atom. The minimum absolute atomic E-state index is 0.0418. The maximum absolute atomic E-state index is 12.4. The summed E-state index contributed by atoms with van der Waals surface area (Å²) in [5.74, 6) is 0.0418. The molecule has 18 heavy (non-hydrogen) atoms. The van der Waals surface area contributed by atoms with E-state index in [1.54, 1.807) is 18.9 Å². The van der Waals surface area contributed by atoms with E-state index in [0.717, 1.165) is 12.8 Å². The molecule has 0 aromatic rings. The van der Waals surface area contributed by atoms with Gasteiger partial charge in [0.15, 0.2) is 0 Å². The lowest BCUT2D eigenvalue weighted by atomic mass is 9.94. The quantitative estimate of drug-likeness (QED) is 0.784. The van der Waals surface area contributed by atoms with Crippen LogP contribution in [0.15, 0.2) is 0 Å². The smallest absolute Gasteiger partial charge is 0.254 e. The van der Waals surface area contributed by atoms with Crippen molar-refractivity contribution in [2.75, 3.05) is 26.5 Å². The fourth-order valence-corrected chi connectivity index (χ4v) is 2.83. The first kappa shape index (κ1) is 15.3. The molecule has 0 radical (unpaired) electrons. The number of rotatable bonds is 4. The van der Waals surface area contributed by atoms with Gasteiger partial charge in [0.1, 0.15) is 10.3 Å². The number of hydrogen-bond acceptors (Lipinski definition) is 4. The van der Waals surface area contributed by atoms with Crippen LogP contribution in [0.25, 0.3) is 0 Å². The molecule has 1 fully saturated rings. The molecule has 0 saturated carbocycles. The maximum atomic E-state index is 12.4. The lowest BCUT2D eigenvalue weighted by Crippen LogP contribution is -2.52. The first-order chi connectivity index (χ1) is 8.47. The van der Waals surface area contributed by atoms with Crippen LogP contribution in [0.3, 0.4) is 0 Å². The highest BCUT2D eigenvalue weighted by molar-refractivity contribution is 8.00. The topological polar surface area (TPSA) is 53.3 Å². The second-order valence-electron chi connectivity index (χ2n) is 4.89. The molecule has 4 nitrogen and oxygen atoms in total. The summed E-state index contributed by atoms with van der Waals surface area (Å²) in [6, 6.07) is 2.39. The van der Waals surface area contributed by atoms with Gasteiger partial charge in [-0.05, 0) is 32.4 Å². The van der Waals surface area contributed by atoms with Crippen LogP contribution in [0.2, 0.25) is 0 Å². The van der Waals surface area contributed by atoms with Gasteiger partial charge in [0.25, 0.3) is 5.91 Å². The van der Waals surface area contributed by atoms with Crippen LogP contribution >= 0.6 is 11.8 Å². The zero-order valence-corrected chi connectivity index (χ0v) is 12.5. The molecule has 1 heterocycles. The summed E-state index contributed by atoms with van der Waals surface area (Å²) >= 11 is 1.60. The van der Waals surface area contributed by atoms with E-state index in [1.165, 1.54) is 0 Å². The lowest BCUT2D eigenvalue weighted by molar-refractivity contribution is -0.154. The molecule has 0 N–H and O–H groups in total. The highest BCUT2D eigenvalue weighted by atomic mass is 32.2. The van der Waals surface area contributed by atoms with Gasteiger partial charge >= 0.3 is 0 Å². The van der Waals surface area contributed by atoms with E-state index in [9.17, 15) is 10.1 Å². The molecule has 0 spiro atoms. The molecular weight excluding hydrogens is 248 g/mol. The number of methoxy groups -OCH3 is 1. The first-order valence-electron chi connectivity index (χ1n) is 6.28. The van der Waals surface area contributed by atoms with Crippen molar-refractivity contribution in [2.45, 2.75) is 43.5 Å². The minimum atomic E-state index is -0.730. The summed E-state index contributed by atoms with van der Waals surface area (Å²) in [5.41, 5.74) is -0.730. The Morgan fingerprint density at radius 1 is 1.56 bits per heavy atom. The van der Waals surface area contributed by atoms with Crippen molar-refractivity contribution in [1.29, 1.82) is 5.26 Å². The van der Waals surface area contributed by atoms with E-state index in [-0.39, 0.29) is 10.7 Å². The van der Waals surface area contributed by atoms with E-state index in [0.29, 0.717) is 19.5 Å². The number of carbonyl (C=O) groups is 1. The summed E-state index contributed by atoms with van der Waals surface area (Å²) in [5, 5.41) is 9.22. The second kappa shape index (κ2) is 5.94. The molecule has 1 saturated heterocycles. The summed E-state index contributed by atoms with van der Waals surface area (Å²) < 4.78 is 5.03. The zero-order valence-electron chi connectivity index (χ0n) is 11.7. The highest BCUT2D eigenvalue weighted by Gasteiger charge is 2.40. The van der Waals surface area contributed by atoms with Gasteiger partial charge in [0.2, 0.25) is 0 Å². The van der Waals surface area contributed by atoms with Crippen LogP contribution < -0.4 is 0 Å². The van der Waals surface area contributed by atoms with Crippen molar-refractivity contribution in [3.05, 3.63) is 0 Å². The highest BCUT2D eigenvalue weighted by Crippen LogP contribution is 2.34. The van der Waals surface area contributed by atoms with Crippen LogP contribution in [0.4, 0.5) is 0 Å². The van der Waals surface area contributed by atoms with Crippen LogP contribution in [0.1, 0.15) is 33.1 Å². The summed E-state index contributed by atoms with van der Waals surface area (Å²) in [6.45, 7) is 5.07. The predicted molar refractivity (Wildman–Crippen MR) is 73.4 cm³/mol. The Balaban J connectivity index is 2.69. The Labute approximate surface area is 114 Å². The van der Waals surface area contributed by atoms with E-state index in [4.69, 9.17) is 4.74 Å². The molecule has 1 atom stereocenters. The average molecular weight is 270 g/mol. The predicted octanol–water partition coefficient (Wildman–Crippen LogP) is 2.05. The molecule has 0 aliphatic carbocycles. The van der Waals surface area contributed by atoms with E-state index >= 15 is 0 Å². The molecule has 1 amide bonds. The SMILES string of the molecule is CCC(C)(OC)C(=O)N1CCC(C#N)(SC)CC1. The number of likely N-dealkylation sites (tertiary alicyclic amines) is 1. The van der Waals surface area contributed by atoms with Crippen molar-refractivity contribution >= 4 is 17.7 Å². The van der Waals surface area contributed by atoms with Crippen molar-refractivity contribution in [2.24, 2.45) is 0 Å². The maximum Gasteiger partial charge on any atom is 0.254 e. The number of nitrogens with zero attached hydrogens (tertiary/aromatic N) is 2. The molecule has 0 bridgehead atoms. The van der Waals surface area contributed by atoms with Gasteiger partial charge in [-0.15, -0.1) is 11.8 Å². The van der Waals surface area contributed by atoms with Crippen LogP contribution in [0.5, 0.6) is 0 Å². The molecule has 1 aliphatic heterocycles. The van der Waals surface area contributed by atoms with Crippen molar-refractivity contribution in [1.82, 2.24) is 4.90 Å². The van der Waals surface area contributed by atoms with Gasteiger partial charge in [-0.1, -0.05) is 6.92 Å². The summed E-state index contributed by atoms with van der Waals surface area (Å²) in [7, 11) is 1.58. The summed E-state index contributed by atoms with van der Waals surface area (Å²) in [6.07, 6.45) is 4.09. The third-order valence-corrected chi connectivity index (χ3v) is 5.31. The third-order valence-electron chi connectivity index (χ3n) is 4.03. The van der Waals surface area contributed by atoms with Crippen LogP contribution in [-0.2, 0) is 9.53 Å². The normalized spacial score (nSPS) is 22.1. The Hall–Kier alpha value is -0.730. The molecule has 1 aliphatic rings. The van der Waals surface area contributed by atoms with Gasteiger partial charge in [-0.2, -0.15) is 5.26 Å². The number of carbonyl (C=O) groups excluding carboxylic acids is 1. The Kier molecular flexibility index (Phi) is 5.06. The molecular formula is C13H22N2O2S. The van der Waals surface area contributed by atoms with E-state index in [1.807, 2.05) is 25.0 Å². The minimum Gasteiger partial charge on any atom is -0.369 e. The molecule has 1 unspecified atom stereocenters. The lowest BCUT2D eigenvalue weighted by Gasteiger charge is -2.39. The molecule has 0 aromatic carbocycles. The first-order valence-corrected chi connectivity index (χ1v) is 7.50. The van der Waals surface area contributed by atoms with Crippen molar-refractivity contribution in [3.8, 4) is 6.07 Å². The second-order valence-corrected chi connectivity index (χ2v) is 6.08. The number of hydrogen-bond donors (Lipinski definition) is 0. The number of ether oxygens (including phenoxy) is 1. The monoisotopic (exact) mass is 270 g/mol. The number of piperidine rings is 1. The van der Waals surface area contributed by atoms with Gasteiger partial charge in [0.05, 0.1) is 6.07 Å². The fourth-order valence-electron chi connectivity index (χ4n) is 2.15. The van der Waals surface area contributed by atoms with Crippen molar-refractivity contribution < 1.29 is 9.53 Å². The van der Waals surface area contributed by atoms with Gasteiger partial charge in [-0.3, -0.25) is 4.79 Å². The standard InChI is InChI=1S/C13H22N2O2S/c1-5-12(2,17-3)11(16)15-8-6-13(10-14,18-4)7-9-15/h5-9H2,1-4H3. The molecule has 1 rings (SSSR count). The largest absolute Gasteiger partial charge is 0.369 e.